The maximum absolute atomic E-state index is 13.0. The van der Waals surface area contributed by atoms with Crippen LogP contribution < -0.4 is 16.4 Å². The third-order valence-corrected chi connectivity index (χ3v) is 5.82. The summed E-state index contributed by atoms with van der Waals surface area (Å²) in [5.41, 5.74) is 10.9. The molecule has 156 valence electrons. The summed E-state index contributed by atoms with van der Waals surface area (Å²) in [5, 5.41) is 7.33. The lowest BCUT2D eigenvalue weighted by Gasteiger charge is -2.05. The molecule has 0 aliphatic carbocycles. The van der Waals surface area contributed by atoms with Crippen molar-refractivity contribution in [1.82, 2.24) is 20.2 Å². The first-order chi connectivity index (χ1) is 15.1. The summed E-state index contributed by atoms with van der Waals surface area (Å²) >= 11 is 0. The molecule has 0 fully saturated rings. The summed E-state index contributed by atoms with van der Waals surface area (Å²) in [5.74, 6) is -0.793. The number of rotatable bonds is 6. The second kappa shape index (κ2) is 7.45. The van der Waals surface area contributed by atoms with Gasteiger partial charge >= 0.3 is 0 Å². The number of fused-ring (bicyclic) bond motifs is 2. The number of amides is 2. The van der Waals surface area contributed by atoms with Gasteiger partial charge in [-0.2, -0.15) is 0 Å². The topological polar surface area (TPSA) is 105 Å². The Kier molecular flexibility index (Phi) is 4.60. The monoisotopic (exact) mass is 413 g/mol. The molecule has 0 unspecified atom stereocenters. The van der Waals surface area contributed by atoms with Crippen molar-refractivity contribution in [1.29, 1.82) is 0 Å². The number of nitrogens with two attached hydrogens (primary N) is 1. The van der Waals surface area contributed by atoms with E-state index in [9.17, 15) is 9.59 Å². The number of hydrogen-bond donors (Lipinski definition) is 4. The van der Waals surface area contributed by atoms with E-state index in [0.717, 1.165) is 41.3 Å². The second-order valence-corrected chi connectivity index (χ2v) is 7.72. The summed E-state index contributed by atoms with van der Waals surface area (Å²) in [6.45, 7) is 1.64. The highest BCUT2D eigenvalue weighted by molar-refractivity contribution is 6.51. The van der Waals surface area contributed by atoms with Gasteiger partial charge in [0.1, 0.15) is 0 Å². The van der Waals surface area contributed by atoms with Crippen LogP contribution in [0.2, 0.25) is 0 Å². The fourth-order valence-corrected chi connectivity index (χ4v) is 4.43. The first kappa shape index (κ1) is 19.1. The number of benzene rings is 2. The minimum atomic E-state index is -0.400. The number of para-hydroxylation sites is 1. The van der Waals surface area contributed by atoms with E-state index in [0.29, 0.717) is 28.0 Å². The smallest absolute Gasteiger partial charge is 0.259 e. The maximum atomic E-state index is 13.0. The normalized spacial score (nSPS) is 14.2. The molecule has 7 nitrogen and oxygen atoms in total. The molecule has 0 radical (unpaired) electrons. The fourth-order valence-electron chi connectivity index (χ4n) is 4.43. The molecule has 5 rings (SSSR count). The van der Waals surface area contributed by atoms with Crippen LogP contribution in [0.3, 0.4) is 0 Å². The molecular weight excluding hydrogens is 390 g/mol. The van der Waals surface area contributed by atoms with Crippen molar-refractivity contribution in [2.75, 3.05) is 19.3 Å². The minimum absolute atomic E-state index is 0.366. The van der Waals surface area contributed by atoms with Crippen molar-refractivity contribution in [3.8, 4) is 0 Å². The molecule has 0 spiro atoms. The van der Waals surface area contributed by atoms with Gasteiger partial charge in [-0.15, -0.1) is 0 Å². The number of aromatic amines is 1. The van der Waals surface area contributed by atoms with Crippen LogP contribution in [0.15, 0.2) is 54.9 Å². The molecule has 2 aromatic heterocycles. The van der Waals surface area contributed by atoms with E-state index in [1.807, 2.05) is 55.7 Å². The van der Waals surface area contributed by atoms with Crippen molar-refractivity contribution < 1.29 is 9.59 Å². The number of H-pyrrole nitrogens is 1. The number of aromatic nitrogens is 2. The quantitative estimate of drug-likeness (QED) is 0.222. The Balaban J connectivity index is 1.77. The van der Waals surface area contributed by atoms with E-state index in [1.165, 1.54) is 0 Å². The van der Waals surface area contributed by atoms with Crippen molar-refractivity contribution in [2.45, 2.75) is 13.0 Å². The molecule has 3 heterocycles. The van der Waals surface area contributed by atoms with E-state index in [-0.39, 0.29) is 0 Å². The number of nitrogen functional groups attached to an aromatic ring is 1. The number of anilines is 1. The van der Waals surface area contributed by atoms with Gasteiger partial charge < -0.3 is 20.6 Å². The predicted molar refractivity (Wildman–Crippen MR) is 123 cm³/mol. The number of carbonyl (C=O) groups excluding carboxylic acids is 2. The van der Waals surface area contributed by atoms with Crippen LogP contribution in [0.5, 0.6) is 0 Å². The Morgan fingerprint density at radius 2 is 1.77 bits per heavy atom. The number of aryl methyl sites for hydroxylation is 1. The van der Waals surface area contributed by atoms with E-state index < -0.39 is 11.8 Å². The van der Waals surface area contributed by atoms with Gasteiger partial charge in [0.2, 0.25) is 0 Å². The van der Waals surface area contributed by atoms with Gasteiger partial charge in [-0.25, -0.2) is 0 Å². The number of nitrogens with one attached hydrogen (secondary N) is 3. The lowest BCUT2D eigenvalue weighted by molar-refractivity contribution is -0.122. The molecule has 7 heteroatoms. The molecule has 0 bridgehead atoms. The Morgan fingerprint density at radius 1 is 1.00 bits per heavy atom. The summed E-state index contributed by atoms with van der Waals surface area (Å²) in [6, 6.07) is 13.5. The summed E-state index contributed by atoms with van der Waals surface area (Å²) in [7, 11) is 1.92. The largest absolute Gasteiger partial charge is 0.398 e. The lowest BCUT2D eigenvalue weighted by atomic mass is 9.95. The van der Waals surface area contributed by atoms with E-state index >= 15 is 0 Å². The molecule has 5 N–H and O–H groups in total. The van der Waals surface area contributed by atoms with Crippen LogP contribution in [0.4, 0.5) is 5.69 Å². The van der Waals surface area contributed by atoms with Crippen LogP contribution in [0.1, 0.15) is 17.5 Å². The van der Waals surface area contributed by atoms with Crippen molar-refractivity contribution in [2.24, 2.45) is 0 Å². The highest BCUT2D eigenvalue weighted by Gasteiger charge is 2.35. The number of carbonyl (C=O) groups is 2. The minimum Gasteiger partial charge on any atom is -0.398 e. The highest BCUT2D eigenvalue weighted by Crippen LogP contribution is 2.39. The molecule has 0 saturated heterocycles. The van der Waals surface area contributed by atoms with Crippen LogP contribution in [-0.4, -0.2) is 35.0 Å². The molecule has 1 aliphatic rings. The average Bonchev–Trinajstić information content (AvgIpc) is 3.42. The Bertz CT molecular complexity index is 1380. The third-order valence-electron chi connectivity index (χ3n) is 5.82. The Labute approximate surface area is 178 Å². The zero-order chi connectivity index (χ0) is 21.5. The maximum Gasteiger partial charge on any atom is 0.259 e. The van der Waals surface area contributed by atoms with Gasteiger partial charge in [-0.05, 0) is 38.2 Å². The Morgan fingerprint density at radius 3 is 2.58 bits per heavy atom. The molecular formula is C24H23N5O2. The molecule has 31 heavy (non-hydrogen) atoms. The molecule has 2 amide bonds. The highest BCUT2D eigenvalue weighted by atomic mass is 16.2. The SMILES string of the molecule is CNCCCn1cc(C2=C(c3c[nH]c4ccccc34)C(=O)NC2=O)c2c(N)cccc21. The molecule has 0 atom stereocenters. The van der Waals surface area contributed by atoms with Crippen molar-refractivity contribution in [3.05, 3.63) is 66.0 Å². The number of nitrogens with zero attached hydrogens (tertiary/aromatic N) is 1. The standard InChI is InChI=1S/C24H23N5O2/c1-26-10-5-11-29-13-16(20-17(25)7-4-9-19(20)29)22-21(23(30)28-24(22)31)15-12-27-18-8-3-2-6-14(15)18/h2-4,6-9,12-13,26-27H,5,10-11,25H2,1H3,(H,28,30,31). The van der Waals surface area contributed by atoms with Crippen LogP contribution >= 0.6 is 0 Å². The summed E-state index contributed by atoms with van der Waals surface area (Å²) in [6.07, 6.45) is 4.65. The van der Waals surface area contributed by atoms with E-state index in [1.54, 1.807) is 6.20 Å². The van der Waals surface area contributed by atoms with Crippen LogP contribution in [0.25, 0.3) is 33.0 Å². The summed E-state index contributed by atoms with van der Waals surface area (Å²) < 4.78 is 2.11. The van der Waals surface area contributed by atoms with E-state index in [4.69, 9.17) is 5.73 Å². The molecule has 4 aromatic rings. The van der Waals surface area contributed by atoms with Crippen molar-refractivity contribution >= 4 is 50.5 Å². The van der Waals surface area contributed by atoms with Crippen LogP contribution in [0, 0.1) is 0 Å². The zero-order valence-electron chi connectivity index (χ0n) is 17.2. The number of imide groups is 1. The van der Waals surface area contributed by atoms with Gasteiger partial charge in [0.25, 0.3) is 11.8 Å². The first-order valence-corrected chi connectivity index (χ1v) is 10.3. The van der Waals surface area contributed by atoms with Gasteiger partial charge in [-0.3, -0.25) is 14.9 Å². The molecule has 2 aromatic carbocycles. The summed E-state index contributed by atoms with van der Waals surface area (Å²) in [4.78, 5) is 29.1. The lowest BCUT2D eigenvalue weighted by Crippen LogP contribution is -2.22. The van der Waals surface area contributed by atoms with Gasteiger partial charge in [0.15, 0.2) is 0 Å². The van der Waals surface area contributed by atoms with E-state index in [2.05, 4.69) is 20.2 Å². The van der Waals surface area contributed by atoms with Crippen LogP contribution in [-0.2, 0) is 16.1 Å². The van der Waals surface area contributed by atoms with Crippen molar-refractivity contribution in [3.63, 3.8) is 0 Å². The second-order valence-electron chi connectivity index (χ2n) is 7.72. The van der Waals surface area contributed by atoms with Gasteiger partial charge in [-0.1, -0.05) is 24.3 Å². The van der Waals surface area contributed by atoms with Gasteiger partial charge in [0.05, 0.1) is 16.7 Å². The molecule has 0 saturated carbocycles. The van der Waals surface area contributed by atoms with Gasteiger partial charge in [0, 0.05) is 52.0 Å². The zero-order valence-corrected chi connectivity index (χ0v) is 17.2. The average molecular weight is 413 g/mol. The number of hydrogen-bond acceptors (Lipinski definition) is 4. The first-order valence-electron chi connectivity index (χ1n) is 10.3. The molecule has 1 aliphatic heterocycles. The fraction of sp³-hybridized carbons (Fsp3) is 0.167. The third kappa shape index (κ3) is 3.02. The Hall–Kier alpha value is -3.84. The predicted octanol–water partition coefficient (Wildman–Crippen LogP) is 2.88.